The molecular formula is C30H38F3N5O3. The van der Waals surface area contributed by atoms with E-state index in [-0.39, 0.29) is 35.1 Å². The van der Waals surface area contributed by atoms with E-state index in [0.717, 1.165) is 25.3 Å². The van der Waals surface area contributed by atoms with E-state index in [1.807, 2.05) is 13.8 Å². The fraction of sp³-hybridized carbons (Fsp3) is 0.533. The summed E-state index contributed by atoms with van der Waals surface area (Å²) in [4.78, 5) is 19.9. The fourth-order valence-electron chi connectivity index (χ4n) is 5.29. The lowest BCUT2D eigenvalue weighted by Crippen LogP contribution is -2.26. The molecule has 2 heterocycles. The van der Waals surface area contributed by atoms with E-state index in [4.69, 9.17) is 4.74 Å². The minimum absolute atomic E-state index is 0.0208. The van der Waals surface area contributed by atoms with Crippen molar-refractivity contribution in [3.8, 4) is 16.9 Å². The van der Waals surface area contributed by atoms with Gasteiger partial charge in [-0.2, -0.15) is 13.2 Å². The number of nitrogens with zero attached hydrogens (tertiary/aromatic N) is 3. The Labute approximate surface area is 238 Å². The Bertz CT molecular complexity index is 1300. The number of aliphatic hydroxyl groups is 1. The largest absolute Gasteiger partial charge is 0.494 e. The van der Waals surface area contributed by atoms with Crippen LogP contribution >= 0.6 is 0 Å². The molecule has 8 nitrogen and oxygen atoms in total. The predicted molar refractivity (Wildman–Crippen MR) is 150 cm³/mol. The molecule has 2 aromatic heterocycles. The van der Waals surface area contributed by atoms with Crippen LogP contribution in [-0.4, -0.2) is 43.4 Å². The number of H-pyrrole nitrogens is 1. The Morgan fingerprint density at radius 2 is 1.85 bits per heavy atom. The molecule has 0 bridgehead atoms. The van der Waals surface area contributed by atoms with E-state index in [1.54, 1.807) is 0 Å². The number of alkyl halides is 3. The van der Waals surface area contributed by atoms with Crippen molar-refractivity contribution in [2.24, 2.45) is 5.92 Å². The number of halogens is 3. The smallest absolute Gasteiger partial charge is 0.417 e. The van der Waals surface area contributed by atoms with Gasteiger partial charge in [0, 0.05) is 12.6 Å². The summed E-state index contributed by atoms with van der Waals surface area (Å²) in [5.41, 5.74) is -1.48. The lowest BCUT2D eigenvalue weighted by molar-refractivity contribution is -0.137. The SMILES string of the molecule is CCC(O)(CC)CCCOc1ccc(C(F)(F)F)c(-c2ccnc(NC(=O)c3nnc(CC4CCCCC4)[nH]3)c2)c1. The summed E-state index contributed by atoms with van der Waals surface area (Å²) in [5, 5.41) is 21.1. The van der Waals surface area contributed by atoms with Gasteiger partial charge in [-0.05, 0) is 73.1 Å². The van der Waals surface area contributed by atoms with Gasteiger partial charge in [-0.25, -0.2) is 4.98 Å². The number of hydrogen-bond acceptors (Lipinski definition) is 6. The number of rotatable bonds is 12. The van der Waals surface area contributed by atoms with Crippen LogP contribution in [0.5, 0.6) is 5.75 Å². The summed E-state index contributed by atoms with van der Waals surface area (Å²) in [5.74, 6) is 0.959. The van der Waals surface area contributed by atoms with E-state index in [1.165, 1.54) is 49.7 Å². The number of nitrogens with one attached hydrogen (secondary N) is 2. The monoisotopic (exact) mass is 573 g/mol. The minimum atomic E-state index is -4.60. The van der Waals surface area contributed by atoms with Gasteiger partial charge in [-0.15, -0.1) is 10.2 Å². The van der Waals surface area contributed by atoms with Gasteiger partial charge in [0.05, 0.1) is 17.8 Å². The molecule has 3 N–H and O–H groups in total. The maximum atomic E-state index is 13.9. The average Bonchev–Trinajstić information content (AvgIpc) is 3.44. The number of hydrogen-bond donors (Lipinski definition) is 3. The Hall–Kier alpha value is -3.47. The Morgan fingerprint density at radius 1 is 1.10 bits per heavy atom. The van der Waals surface area contributed by atoms with Gasteiger partial charge in [0.25, 0.3) is 5.91 Å². The van der Waals surface area contributed by atoms with Gasteiger partial charge >= 0.3 is 6.18 Å². The lowest BCUT2D eigenvalue weighted by atomic mass is 9.87. The second-order valence-corrected chi connectivity index (χ2v) is 10.8. The van der Waals surface area contributed by atoms with Crippen molar-refractivity contribution in [3.05, 3.63) is 53.7 Å². The van der Waals surface area contributed by atoms with Crippen LogP contribution in [0, 0.1) is 5.92 Å². The maximum absolute atomic E-state index is 13.9. The van der Waals surface area contributed by atoms with Gasteiger partial charge in [-0.3, -0.25) is 4.79 Å². The molecule has 4 rings (SSSR count). The van der Waals surface area contributed by atoms with E-state index >= 15 is 0 Å². The molecule has 0 aliphatic heterocycles. The molecular weight excluding hydrogens is 535 g/mol. The maximum Gasteiger partial charge on any atom is 0.417 e. The van der Waals surface area contributed by atoms with Gasteiger partial charge in [0.1, 0.15) is 17.4 Å². The van der Waals surface area contributed by atoms with Crippen LogP contribution in [0.3, 0.4) is 0 Å². The minimum Gasteiger partial charge on any atom is -0.494 e. The van der Waals surface area contributed by atoms with Crippen molar-refractivity contribution < 1.29 is 27.8 Å². The second-order valence-electron chi connectivity index (χ2n) is 10.8. The summed E-state index contributed by atoms with van der Waals surface area (Å²) in [7, 11) is 0. The lowest BCUT2D eigenvalue weighted by Gasteiger charge is -2.25. The fourth-order valence-corrected chi connectivity index (χ4v) is 5.29. The molecule has 1 amide bonds. The summed E-state index contributed by atoms with van der Waals surface area (Å²) in [6, 6.07) is 6.44. The number of amides is 1. The highest BCUT2D eigenvalue weighted by atomic mass is 19.4. The molecule has 0 radical (unpaired) electrons. The third kappa shape index (κ3) is 8.28. The van der Waals surface area contributed by atoms with E-state index in [2.05, 4.69) is 25.5 Å². The zero-order valence-corrected chi connectivity index (χ0v) is 23.6. The van der Waals surface area contributed by atoms with E-state index in [0.29, 0.717) is 37.4 Å². The first-order valence-corrected chi connectivity index (χ1v) is 14.4. The zero-order chi connectivity index (χ0) is 29.5. The average molecular weight is 574 g/mol. The zero-order valence-electron chi connectivity index (χ0n) is 23.6. The second kappa shape index (κ2) is 13.5. The number of carbonyl (C=O) groups is 1. The van der Waals surface area contributed by atoms with E-state index in [9.17, 15) is 23.1 Å². The number of pyridine rings is 1. The van der Waals surface area contributed by atoms with Crippen molar-refractivity contribution in [1.29, 1.82) is 0 Å². The molecule has 1 aliphatic rings. The third-order valence-corrected chi connectivity index (χ3v) is 7.94. The Morgan fingerprint density at radius 3 is 2.56 bits per heavy atom. The third-order valence-electron chi connectivity index (χ3n) is 7.94. The molecule has 1 aliphatic carbocycles. The van der Waals surface area contributed by atoms with Crippen LogP contribution in [0.2, 0.25) is 0 Å². The number of carbonyl (C=O) groups excluding carboxylic acids is 1. The highest BCUT2D eigenvalue weighted by molar-refractivity contribution is 6.01. The molecule has 1 fully saturated rings. The van der Waals surface area contributed by atoms with Crippen molar-refractivity contribution in [1.82, 2.24) is 20.2 Å². The van der Waals surface area contributed by atoms with Gasteiger partial charge < -0.3 is 20.1 Å². The molecule has 1 saturated carbocycles. The molecule has 1 aromatic carbocycles. The molecule has 41 heavy (non-hydrogen) atoms. The molecule has 222 valence electrons. The quantitative estimate of drug-likeness (QED) is 0.202. The summed E-state index contributed by atoms with van der Waals surface area (Å²) in [6.07, 6.45) is 5.69. The molecule has 0 unspecified atom stereocenters. The van der Waals surface area contributed by atoms with Crippen molar-refractivity contribution >= 4 is 11.7 Å². The first-order valence-electron chi connectivity index (χ1n) is 14.4. The summed E-state index contributed by atoms with van der Waals surface area (Å²) >= 11 is 0. The molecule has 0 saturated heterocycles. The highest BCUT2D eigenvalue weighted by Gasteiger charge is 2.34. The number of aromatic nitrogens is 4. The summed E-state index contributed by atoms with van der Waals surface area (Å²) in [6.45, 7) is 4.09. The first kappa shape index (κ1) is 30.5. The van der Waals surface area contributed by atoms with Crippen LogP contribution in [0.4, 0.5) is 19.0 Å². The molecule has 3 aromatic rings. The van der Waals surface area contributed by atoms with E-state index < -0.39 is 23.2 Å². The summed E-state index contributed by atoms with van der Waals surface area (Å²) < 4.78 is 47.5. The number of ether oxygens (including phenoxy) is 1. The Balaban J connectivity index is 1.46. The first-order chi connectivity index (χ1) is 19.6. The van der Waals surface area contributed by atoms with Gasteiger partial charge in [0.15, 0.2) is 0 Å². The van der Waals surface area contributed by atoms with Crippen LogP contribution in [0.25, 0.3) is 11.1 Å². The van der Waals surface area contributed by atoms with Gasteiger partial charge in [-0.1, -0.05) is 46.0 Å². The number of aromatic amines is 1. The van der Waals surface area contributed by atoms with Crippen LogP contribution in [-0.2, 0) is 12.6 Å². The van der Waals surface area contributed by atoms with Crippen LogP contribution < -0.4 is 10.1 Å². The van der Waals surface area contributed by atoms with Crippen LogP contribution in [0.1, 0.15) is 93.6 Å². The number of benzene rings is 1. The van der Waals surface area contributed by atoms with Crippen molar-refractivity contribution in [2.75, 3.05) is 11.9 Å². The topological polar surface area (TPSA) is 113 Å². The number of anilines is 1. The van der Waals surface area contributed by atoms with Crippen LogP contribution in [0.15, 0.2) is 36.5 Å². The molecule has 0 spiro atoms. The van der Waals surface area contributed by atoms with Gasteiger partial charge in [0.2, 0.25) is 5.82 Å². The normalized spacial score (nSPS) is 14.7. The predicted octanol–water partition coefficient (Wildman–Crippen LogP) is 6.97. The standard InChI is InChI=1S/C30H38F3N5O3/c1-3-29(40,4-2)14-8-16-41-22-11-12-24(30(31,32)33)23(19-22)21-13-15-34-25(18-21)36-28(39)27-35-26(37-38-27)17-20-9-6-5-7-10-20/h11-13,15,18-20,40H,3-10,14,16-17H2,1-2H3,(H,34,36,39)(H,35,37,38). The molecule has 11 heteroatoms. The molecule has 0 atom stereocenters. The van der Waals surface area contributed by atoms with Crippen molar-refractivity contribution in [2.45, 2.75) is 89.8 Å². The highest BCUT2D eigenvalue weighted by Crippen LogP contribution is 2.39. The Kier molecular flexibility index (Phi) is 10.0. The van der Waals surface area contributed by atoms with Crippen molar-refractivity contribution in [3.63, 3.8) is 0 Å².